The van der Waals surface area contributed by atoms with Gasteiger partial charge in [-0.15, -0.1) is 24.0 Å². The summed E-state index contributed by atoms with van der Waals surface area (Å²) < 4.78 is 37.0. The molecule has 0 aliphatic rings. The molecule has 2 rings (SSSR count). The van der Waals surface area contributed by atoms with Crippen LogP contribution < -0.4 is 16.0 Å². The lowest BCUT2D eigenvalue weighted by molar-refractivity contribution is -0.114. The lowest BCUT2D eigenvalue weighted by Crippen LogP contribution is -2.38. The van der Waals surface area contributed by atoms with Crippen LogP contribution in [-0.4, -0.2) is 39.6 Å². The number of nitrogens with zero attached hydrogens (tertiary/aromatic N) is 1. The normalized spacial score (nSPS) is 11.4. The van der Waals surface area contributed by atoms with Crippen LogP contribution in [0.15, 0.2) is 47.5 Å². The van der Waals surface area contributed by atoms with E-state index >= 15 is 0 Å². The molecule has 0 fully saturated rings. The van der Waals surface area contributed by atoms with E-state index in [1.54, 1.807) is 0 Å². The lowest BCUT2D eigenvalue weighted by atomic mass is 10.1. The molecule has 0 spiro atoms. The van der Waals surface area contributed by atoms with Crippen molar-refractivity contribution in [2.24, 2.45) is 4.99 Å². The van der Waals surface area contributed by atoms with E-state index in [-0.39, 0.29) is 42.2 Å². The Balaban J connectivity index is 0.00000512. The molecule has 0 saturated heterocycles. The Bertz CT molecular complexity index is 1030. The Morgan fingerprint density at radius 3 is 2.34 bits per heavy atom. The van der Waals surface area contributed by atoms with Crippen LogP contribution in [0.4, 0.5) is 10.1 Å². The molecule has 0 radical (unpaired) electrons. The number of aliphatic imine (C=N–C) groups is 1. The summed E-state index contributed by atoms with van der Waals surface area (Å²) in [5.74, 6) is -0.134. The van der Waals surface area contributed by atoms with Gasteiger partial charge < -0.3 is 16.0 Å². The second kappa shape index (κ2) is 13.4. The Labute approximate surface area is 206 Å². The van der Waals surface area contributed by atoms with Gasteiger partial charge in [-0.1, -0.05) is 18.2 Å². The van der Waals surface area contributed by atoms with Gasteiger partial charge in [-0.2, -0.15) is 0 Å². The number of amides is 1. The van der Waals surface area contributed by atoms with E-state index < -0.39 is 15.7 Å². The largest absolute Gasteiger partial charge is 0.357 e. The van der Waals surface area contributed by atoms with Crippen molar-refractivity contribution in [1.82, 2.24) is 10.6 Å². The van der Waals surface area contributed by atoms with Crippen LogP contribution in [0, 0.1) is 5.82 Å². The van der Waals surface area contributed by atoms with E-state index in [1.807, 2.05) is 31.2 Å². The van der Waals surface area contributed by atoms with E-state index in [0.29, 0.717) is 30.2 Å². The Morgan fingerprint density at radius 2 is 1.75 bits per heavy atom. The minimum atomic E-state index is -3.24. The molecule has 2 aromatic rings. The van der Waals surface area contributed by atoms with Crippen molar-refractivity contribution in [3.05, 3.63) is 65.0 Å². The highest BCUT2D eigenvalue weighted by Gasteiger charge is 2.11. The third kappa shape index (κ3) is 10.4. The number of carbonyl (C=O) groups excluding carboxylic acids is 1. The number of guanidine groups is 1. The van der Waals surface area contributed by atoms with Crippen LogP contribution in [0.1, 0.15) is 30.5 Å². The van der Waals surface area contributed by atoms with Gasteiger partial charge in [0.1, 0.15) is 5.82 Å². The highest BCUT2D eigenvalue weighted by molar-refractivity contribution is 14.0. The molecule has 176 valence electrons. The Hall–Kier alpha value is -2.21. The molecule has 2 aromatic carbocycles. The zero-order valence-electron chi connectivity index (χ0n) is 18.4. The number of rotatable bonds is 9. The SMILES string of the molecule is CCNC(=NCc1cc(F)ccc1CS(C)(=O)=O)NCCc1ccc(NC(C)=O)cc1.I. The summed E-state index contributed by atoms with van der Waals surface area (Å²) in [5.41, 5.74) is 2.93. The number of halogens is 2. The molecule has 0 bridgehead atoms. The number of hydrogen-bond acceptors (Lipinski definition) is 4. The van der Waals surface area contributed by atoms with E-state index in [4.69, 9.17) is 0 Å². The average molecular weight is 576 g/mol. The van der Waals surface area contributed by atoms with Gasteiger partial charge in [0.05, 0.1) is 12.3 Å². The molecule has 0 atom stereocenters. The highest BCUT2D eigenvalue weighted by atomic mass is 127. The van der Waals surface area contributed by atoms with Crippen LogP contribution in [-0.2, 0) is 33.4 Å². The summed E-state index contributed by atoms with van der Waals surface area (Å²) in [6.45, 7) is 4.83. The third-order valence-electron chi connectivity index (χ3n) is 4.32. The van der Waals surface area contributed by atoms with E-state index in [2.05, 4.69) is 20.9 Å². The van der Waals surface area contributed by atoms with Gasteiger partial charge in [0.15, 0.2) is 15.8 Å². The first-order valence-electron chi connectivity index (χ1n) is 10.00. The monoisotopic (exact) mass is 576 g/mol. The molecular weight excluding hydrogens is 546 g/mol. The fourth-order valence-electron chi connectivity index (χ4n) is 2.95. The number of sulfone groups is 1. The van der Waals surface area contributed by atoms with Crippen molar-refractivity contribution in [2.45, 2.75) is 32.6 Å². The number of nitrogens with one attached hydrogen (secondary N) is 3. The van der Waals surface area contributed by atoms with E-state index in [9.17, 15) is 17.6 Å². The predicted octanol–water partition coefficient (Wildman–Crippen LogP) is 3.24. The molecule has 0 unspecified atom stereocenters. The smallest absolute Gasteiger partial charge is 0.221 e. The molecule has 0 aliphatic carbocycles. The zero-order valence-corrected chi connectivity index (χ0v) is 21.6. The van der Waals surface area contributed by atoms with Gasteiger partial charge in [0, 0.05) is 32.0 Å². The molecule has 0 saturated carbocycles. The molecule has 7 nitrogen and oxygen atoms in total. The molecule has 3 N–H and O–H groups in total. The second-order valence-electron chi connectivity index (χ2n) is 7.23. The lowest BCUT2D eigenvalue weighted by Gasteiger charge is -2.13. The maximum absolute atomic E-state index is 13.7. The fourth-order valence-corrected chi connectivity index (χ4v) is 3.80. The summed E-state index contributed by atoms with van der Waals surface area (Å²) in [4.78, 5) is 15.6. The summed E-state index contributed by atoms with van der Waals surface area (Å²) in [6.07, 6.45) is 1.89. The van der Waals surface area contributed by atoms with E-state index in [1.165, 1.54) is 25.1 Å². The summed E-state index contributed by atoms with van der Waals surface area (Å²) in [7, 11) is -3.24. The predicted molar refractivity (Wildman–Crippen MR) is 138 cm³/mol. The average Bonchev–Trinajstić information content (AvgIpc) is 2.68. The van der Waals surface area contributed by atoms with Gasteiger partial charge in [0.2, 0.25) is 5.91 Å². The Kier molecular flexibility index (Phi) is 11.6. The topological polar surface area (TPSA) is 99.7 Å². The van der Waals surface area contributed by atoms with Gasteiger partial charge >= 0.3 is 0 Å². The minimum absolute atomic E-state index is 0. The molecule has 0 aliphatic heterocycles. The van der Waals surface area contributed by atoms with Crippen molar-refractivity contribution in [3.8, 4) is 0 Å². The summed E-state index contributed by atoms with van der Waals surface area (Å²) >= 11 is 0. The zero-order chi connectivity index (χ0) is 22.9. The minimum Gasteiger partial charge on any atom is -0.357 e. The van der Waals surface area contributed by atoms with Crippen LogP contribution in [0.3, 0.4) is 0 Å². The van der Waals surface area contributed by atoms with Gasteiger partial charge in [-0.25, -0.2) is 17.8 Å². The quantitative estimate of drug-likeness (QED) is 0.242. The van der Waals surface area contributed by atoms with Gasteiger partial charge in [-0.05, 0) is 54.3 Å². The molecular formula is C22H30FIN4O3S. The van der Waals surface area contributed by atoms with Crippen LogP contribution in [0.25, 0.3) is 0 Å². The first kappa shape index (κ1) is 27.8. The first-order chi connectivity index (χ1) is 14.7. The van der Waals surface area contributed by atoms with Crippen molar-refractivity contribution >= 4 is 51.4 Å². The van der Waals surface area contributed by atoms with Gasteiger partial charge in [0.25, 0.3) is 0 Å². The van der Waals surface area contributed by atoms with Crippen molar-refractivity contribution in [2.75, 3.05) is 24.7 Å². The van der Waals surface area contributed by atoms with Crippen LogP contribution in [0.2, 0.25) is 0 Å². The number of carbonyl (C=O) groups is 1. The van der Waals surface area contributed by atoms with E-state index in [0.717, 1.165) is 23.9 Å². The summed E-state index contributed by atoms with van der Waals surface area (Å²) in [6, 6.07) is 11.7. The molecule has 1 amide bonds. The van der Waals surface area contributed by atoms with Crippen molar-refractivity contribution in [3.63, 3.8) is 0 Å². The van der Waals surface area contributed by atoms with Crippen LogP contribution in [0.5, 0.6) is 0 Å². The maximum Gasteiger partial charge on any atom is 0.221 e. The first-order valence-corrected chi connectivity index (χ1v) is 12.1. The molecule has 32 heavy (non-hydrogen) atoms. The van der Waals surface area contributed by atoms with Crippen LogP contribution >= 0.6 is 24.0 Å². The number of hydrogen-bond donors (Lipinski definition) is 3. The van der Waals surface area contributed by atoms with Crippen molar-refractivity contribution in [1.29, 1.82) is 0 Å². The van der Waals surface area contributed by atoms with Gasteiger partial charge in [-0.3, -0.25) is 4.79 Å². The molecule has 0 aromatic heterocycles. The standard InChI is InChI=1S/C22H29FN4O3S.HI/c1-4-24-22(25-12-11-17-5-9-21(10-6-17)27-16(2)28)26-14-19-13-20(23)8-7-18(19)15-31(3,29)30;/h5-10,13H,4,11-12,14-15H2,1-3H3,(H,27,28)(H2,24,25,26);1H. The maximum atomic E-state index is 13.7. The number of anilines is 1. The second-order valence-corrected chi connectivity index (χ2v) is 9.37. The fraction of sp³-hybridized carbons (Fsp3) is 0.364. The third-order valence-corrected chi connectivity index (χ3v) is 5.15. The summed E-state index contributed by atoms with van der Waals surface area (Å²) in [5, 5.41) is 9.09. The molecule has 0 heterocycles. The van der Waals surface area contributed by atoms with Crippen molar-refractivity contribution < 1.29 is 17.6 Å². The molecule has 10 heteroatoms. The Morgan fingerprint density at radius 1 is 1.06 bits per heavy atom. The highest BCUT2D eigenvalue weighted by Crippen LogP contribution is 2.15. The number of benzene rings is 2.